The van der Waals surface area contributed by atoms with E-state index in [2.05, 4.69) is 10.5 Å². The summed E-state index contributed by atoms with van der Waals surface area (Å²) < 4.78 is 13.0. The van der Waals surface area contributed by atoms with Gasteiger partial charge in [0.1, 0.15) is 5.82 Å². The molecular formula is C17H14FN3O2. The molecule has 0 spiro atoms. The summed E-state index contributed by atoms with van der Waals surface area (Å²) in [4.78, 5) is 17.0. The van der Waals surface area contributed by atoms with Gasteiger partial charge in [0.15, 0.2) is 0 Å². The standard InChI is InChI=1S/C17H14FN3O2/c1-12(23-20-11-14-5-2-6-15(18)8-14)17(22)21-16-7-3-4-13(9-16)10-19/h2-9,11-12H,1H3,(H,21,22)/b20-11-/t12-/m0/s1. The summed E-state index contributed by atoms with van der Waals surface area (Å²) in [5.74, 6) is -0.784. The van der Waals surface area contributed by atoms with Gasteiger partial charge in [-0.05, 0) is 42.8 Å². The Balaban J connectivity index is 1.91. The molecule has 0 saturated carbocycles. The molecule has 2 aromatic rings. The number of nitrogens with zero attached hydrogens (tertiary/aromatic N) is 2. The second kappa shape index (κ2) is 7.71. The van der Waals surface area contributed by atoms with Crippen molar-refractivity contribution in [3.63, 3.8) is 0 Å². The summed E-state index contributed by atoms with van der Waals surface area (Å²) in [7, 11) is 0. The number of amides is 1. The summed E-state index contributed by atoms with van der Waals surface area (Å²) in [6.07, 6.45) is 0.480. The van der Waals surface area contributed by atoms with E-state index in [9.17, 15) is 9.18 Å². The highest BCUT2D eigenvalue weighted by Gasteiger charge is 2.14. The fourth-order valence-electron chi connectivity index (χ4n) is 1.73. The average Bonchev–Trinajstić information content (AvgIpc) is 2.55. The molecule has 116 valence electrons. The van der Waals surface area contributed by atoms with Crippen LogP contribution in [0.1, 0.15) is 18.1 Å². The molecule has 1 amide bonds. The normalized spacial score (nSPS) is 11.7. The Hall–Kier alpha value is -3.20. The maximum atomic E-state index is 13.0. The van der Waals surface area contributed by atoms with Crippen molar-refractivity contribution in [3.8, 4) is 6.07 Å². The summed E-state index contributed by atoms with van der Waals surface area (Å²) in [6.45, 7) is 1.53. The van der Waals surface area contributed by atoms with E-state index in [1.807, 2.05) is 6.07 Å². The number of benzene rings is 2. The first-order chi connectivity index (χ1) is 11.1. The van der Waals surface area contributed by atoms with Gasteiger partial charge < -0.3 is 10.2 Å². The van der Waals surface area contributed by atoms with Gasteiger partial charge >= 0.3 is 0 Å². The third-order valence-corrected chi connectivity index (χ3v) is 2.90. The minimum atomic E-state index is -0.842. The number of halogens is 1. The monoisotopic (exact) mass is 311 g/mol. The van der Waals surface area contributed by atoms with Crippen LogP contribution in [0.25, 0.3) is 0 Å². The maximum absolute atomic E-state index is 13.0. The molecule has 5 nitrogen and oxygen atoms in total. The van der Waals surface area contributed by atoms with Crippen LogP contribution in [-0.2, 0) is 9.63 Å². The Kier molecular flexibility index (Phi) is 5.42. The molecule has 0 fully saturated rings. The lowest BCUT2D eigenvalue weighted by atomic mass is 10.2. The second-order valence-corrected chi connectivity index (χ2v) is 4.72. The molecule has 1 atom stereocenters. The van der Waals surface area contributed by atoms with E-state index >= 15 is 0 Å². The summed E-state index contributed by atoms with van der Waals surface area (Å²) in [6, 6.07) is 14.4. The minimum absolute atomic E-state index is 0.378. The molecule has 0 saturated heterocycles. The van der Waals surface area contributed by atoms with Crippen LogP contribution in [0.2, 0.25) is 0 Å². The first kappa shape index (κ1) is 16.2. The fraction of sp³-hybridized carbons (Fsp3) is 0.118. The van der Waals surface area contributed by atoms with Gasteiger partial charge in [-0.1, -0.05) is 23.4 Å². The van der Waals surface area contributed by atoms with E-state index in [1.54, 1.807) is 36.4 Å². The number of hydrogen-bond acceptors (Lipinski definition) is 4. The number of anilines is 1. The van der Waals surface area contributed by atoms with Crippen LogP contribution in [0.5, 0.6) is 0 Å². The highest BCUT2D eigenvalue weighted by atomic mass is 19.1. The quantitative estimate of drug-likeness (QED) is 0.681. The van der Waals surface area contributed by atoms with Crippen molar-refractivity contribution in [2.45, 2.75) is 13.0 Å². The van der Waals surface area contributed by atoms with Crippen LogP contribution in [0.4, 0.5) is 10.1 Å². The topological polar surface area (TPSA) is 74.5 Å². The third-order valence-electron chi connectivity index (χ3n) is 2.90. The predicted molar refractivity (Wildman–Crippen MR) is 84.3 cm³/mol. The number of rotatable bonds is 5. The number of nitriles is 1. The summed E-state index contributed by atoms with van der Waals surface area (Å²) in [5.41, 5.74) is 1.47. The van der Waals surface area contributed by atoms with Gasteiger partial charge in [0, 0.05) is 5.69 Å². The van der Waals surface area contributed by atoms with Crippen LogP contribution in [0.3, 0.4) is 0 Å². The molecule has 0 unspecified atom stereocenters. The molecule has 0 aliphatic rings. The van der Waals surface area contributed by atoms with E-state index in [0.29, 0.717) is 16.8 Å². The van der Waals surface area contributed by atoms with Gasteiger partial charge in [0.2, 0.25) is 6.10 Å². The lowest BCUT2D eigenvalue weighted by Gasteiger charge is -2.10. The average molecular weight is 311 g/mol. The zero-order valence-electron chi connectivity index (χ0n) is 12.4. The van der Waals surface area contributed by atoms with Crippen molar-refractivity contribution in [3.05, 3.63) is 65.5 Å². The molecule has 2 aromatic carbocycles. The summed E-state index contributed by atoms with van der Waals surface area (Å²) in [5, 5.41) is 15.1. The number of carbonyl (C=O) groups is 1. The van der Waals surface area contributed by atoms with Crippen molar-refractivity contribution in [2.75, 3.05) is 5.32 Å². The minimum Gasteiger partial charge on any atom is -0.383 e. The molecule has 0 bridgehead atoms. The number of oxime groups is 1. The third kappa shape index (κ3) is 4.93. The van der Waals surface area contributed by atoms with Crippen LogP contribution in [0.15, 0.2) is 53.7 Å². The van der Waals surface area contributed by atoms with Crippen molar-refractivity contribution in [1.29, 1.82) is 5.26 Å². The fourth-order valence-corrected chi connectivity index (χ4v) is 1.73. The van der Waals surface area contributed by atoms with Crippen LogP contribution >= 0.6 is 0 Å². The van der Waals surface area contributed by atoms with E-state index in [0.717, 1.165) is 0 Å². The predicted octanol–water partition coefficient (Wildman–Crippen LogP) is 3.08. The Labute approximate surface area is 133 Å². The largest absolute Gasteiger partial charge is 0.383 e. The highest BCUT2D eigenvalue weighted by Crippen LogP contribution is 2.10. The zero-order valence-corrected chi connectivity index (χ0v) is 12.4. The van der Waals surface area contributed by atoms with Crippen molar-refractivity contribution in [2.24, 2.45) is 5.16 Å². The number of hydrogen-bond donors (Lipinski definition) is 1. The Bertz CT molecular complexity index is 768. The maximum Gasteiger partial charge on any atom is 0.267 e. The molecule has 2 rings (SSSR count). The van der Waals surface area contributed by atoms with Gasteiger partial charge in [-0.25, -0.2) is 4.39 Å². The number of carbonyl (C=O) groups excluding carboxylic acids is 1. The molecular weight excluding hydrogens is 297 g/mol. The first-order valence-electron chi connectivity index (χ1n) is 6.84. The molecule has 0 aliphatic carbocycles. The zero-order chi connectivity index (χ0) is 16.7. The van der Waals surface area contributed by atoms with Gasteiger partial charge in [0.25, 0.3) is 5.91 Å². The van der Waals surface area contributed by atoms with Gasteiger partial charge in [-0.3, -0.25) is 4.79 Å². The van der Waals surface area contributed by atoms with E-state index < -0.39 is 12.0 Å². The molecule has 0 aromatic heterocycles. The van der Waals surface area contributed by atoms with Crippen LogP contribution in [-0.4, -0.2) is 18.2 Å². The smallest absolute Gasteiger partial charge is 0.267 e. The molecule has 1 N–H and O–H groups in total. The lowest BCUT2D eigenvalue weighted by Crippen LogP contribution is -2.26. The van der Waals surface area contributed by atoms with Gasteiger partial charge in [-0.2, -0.15) is 5.26 Å². The van der Waals surface area contributed by atoms with E-state index in [4.69, 9.17) is 10.1 Å². The molecule has 6 heteroatoms. The van der Waals surface area contributed by atoms with Crippen LogP contribution in [0, 0.1) is 17.1 Å². The lowest BCUT2D eigenvalue weighted by molar-refractivity contribution is -0.126. The summed E-state index contributed by atoms with van der Waals surface area (Å²) >= 11 is 0. The van der Waals surface area contributed by atoms with Gasteiger partial charge in [0.05, 0.1) is 17.8 Å². The molecule has 0 radical (unpaired) electrons. The van der Waals surface area contributed by atoms with Crippen molar-refractivity contribution in [1.82, 2.24) is 0 Å². The molecule has 0 heterocycles. The molecule has 0 aliphatic heterocycles. The highest BCUT2D eigenvalue weighted by molar-refractivity contribution is 5.94. The Morgan fingerprint density at radius 2 is 2.13 bits per heavy atom. The Morgan fingerprint density at radius 1 is 1.35 bits per heavy atom. The van der Waals surface area contributed by atoms with Gasteiger partial charge in [-0.15, -0.1) is 0 Å². The number of nitrogens with one attached hydrogen (secondary N) is 1. The van der Waals surface area contributed by atoms with E-state index in [-0.39, 0.29) is 5.82 Å². The second-order valence-electron chi connectivity index (χ2n) is 4.72. The van der Waals surface area contributed by atoms with E-state index in [1.165, 1.54) is 25.3 Å². The van der Waals surface area contributed by atoms with Crippen LogP contribution < -0.4 is 5.32 Å². The Morgan fingerprint density at radius 3 is 2.87 bits per heavy atom. The van der Waals surface area contributed by atoms with Crippen molar-refractivity contribution < 1.29 is 14.0 Å². The molecule has 23 heavy (non-hydrogen) atoms. The van der Waals surface area contributed by atoms with Crippen molar-refractivity contribution >= 4 is 17.8 Å². The first-order valence-corrected chi connectivity index (χ1v) is 6.84. The SMILES string of the molecule is C[C@H](O/N=C\c1cccc(F)c1)C(=O)Nc1cccc(C#N)c1.